The molecule has 7 nitrogen and oxygen atoms in total. The molecule has 2 fully saturated rings. The van der Waals surface area contributed by atoms with Gasteiger partial charge in [-0.15, -0.1) is 24.0 Å². The molecule has 8 heteroatoms. The number of benzene rings is 1. The van der Waals surface area contributed by atoms with Crippen molar-refractivity contribution in [1.82, 2.24) is 25.3 Å². The molecule has 0 aliphatic carbocycles. The van der Waals surface area contributed by atoms with Crippen LogP contribution < -0.4 is 10.6 Å². The Balaban J connectivity index is 0.00000341. The van der Waals surface area contributed by atoms with Crippen LogP contribution in [0.3, 0.4) is 0 Å². The Hall–Kier alpha value is -0.940. The Morgan fingerprint density at radius 2 is 1.48 bits per heavy atom. The van der Waals surface area contributed by atoms with E-state index in [-0.39, 0.29) is 24.0 Å². The number of rotatable bonds is 10. The largest absolute Gasteiger partial charge is 0.379 e. The predicted octanol–water partition coefficient (Wildman–Crippen LogP) is 1.70. The number of guanidine groups is 1. The number of piperazine rings is 1. The van der Waals surface area contributed by atoms with Crippen LogP contribution in [-0.4, -0.2) is 106 Å². The zero-order chi connectivity index (χ0) is 20.9. The van der Waals surface area contributed by atoms with E-state index in [1.807, 2.05) is 7.05 Å². The minimum absolute atomic E-state index is 0. The molecular formula is C23H41IN6O. The molecule has 0 bridgehead atoms. The second-order valence-corrected chi connectivity index (χ2v) is 8.19. The van der Waals surface area contributed by atoms with Gasteiger partial charge < -0.3 is 20.3 Å². The molecule has 176 valence electrons. The number of ether oxygens (including phenoxy) is 1. The van der Waals surface area contributed by atoms with E-state index < -0.39 is 0 Å². The van der Waals surface area contributed by atoms with Gasteiger partial charge in [-0.2, -0.15) is 0 Å². The molecule has 2 N–H and O–H groups in total. The lowest BCUT2D eigenvalue weighted by Gasteiger charge is -2.34. The number of nitrogens with zero attached hydrogens (tertiary/aromatic N) is 4. The molecule has 0 atom stereocenters. The molecule has 2 aliphatic heterocycles. The van der Waals surface area contributed by atoms with Gasteiger partial charge in [0.25, 0.3) is 0 Å². The average molecular weight is 545 g/mol. The van der Waals surface area contributed by atoms with Crippen molar-refractivity contribution in [2.45, 2.75) is 19.4 Å². The van der Waals surface area contributed by atoms with Crippen molar-refractivity contribution in [3.05, 3.63) is 35.9 Å². The Bertz CT molecular complexity index is 603. The van der Waals surface area contributed by atoms with Gasteiger partial charge in [0.15, 0.2) is 5.96 Å². The first kappa shape index (κ1) is 26.3. The summed E-state index contributed by atoms with van der Waals surface area (Å²) in [6, 6.07) is 10.8. The molecule has 0 unspecified atom stereocenters. The van der Waals surface area contributed by atoms with Crippen LogP contribution in [0, 0.1) is 0 Å². The van der Waals surface area contributed by atoms with Gasteiger partial charge in [-0.3, -0.25) is 14.8 Å². The normalized spacial score (nSPS) is 19.1. The van der Waals surface area contributed by atoms with Gasteiger partial charge in [0.2, 0.25) is 0 Å². The van der Waals surface area contributed by atoms with Crippen molar-refractivity contribution in [2.24, 2.45) is 4.99 Å². The summed E-state index contributed by atoms with van der Waals surface area (Å²) in [5.74, 6) is 0.915. The first-order valence-electron chi connectivity index (χ1n) is 11.6. The first-order chi connectivity index (χ1) is 14.8. The Labute approximate surface area is 205 Å². The van der Waals surface area contributed by atoms with E-state index in [4.69, 9.17) is 4.74 Å². The van der Waals surface area contributed by atoms with E-state index in [1.165, 1.54) is 51.1 Å². The van der Waals surface area contributed by atoms with Gasteiger partial charge in [-0.25, -0.2) is 0 Å². The molecule has 0 amide bonds. The zero-order valence-electron chi connectivity index (χ0n) is 19.1. The molecule has 0 radical (unpaired) electrons. The number of halogens is 1. The molecular weight excluding hydrogens is 503 g/mol. The monoisotopic (exact) mass is 544 g/mol. The van der Waals surface area contributed by atoms with E-state index in [0.717, 1.165) is 58.4 Å². The van der Waals surface area contributed by atoms with Crippen molar-refractivity contribution in [3.63, 3.8) is 0 Å². The summed E-state index contributed by atoms with van der Waals surface area (Å²) in [6.07, 6.45) is 2.41. The van der Waals surface area contributed by atoms with Gasteiger partial charge >= 0.3 is 0 Å². The molecule has 2 aliphatic rings. The van der Waals surface area contributed by atoms with Gasteiger partial charge in [0.1, 0.15) is 0 Å². The lowest BCUT2D eigenvalue weighted by Crippen LogP contribution is -2.46. The summed E-state index contributed by atoms with van der Waals surface area (Å²) < 4.78 is 5.39. The molecule has 0 spiro atoms. The maximum Gasteiger partial charge on any atom is 0.191 e. The van der Waals surface area contributed by atoms with Crippen molar-refractivity contribution in [2.75, 3.05) is 85.7 Å². The van der Waals surface area contributed by atoms with Crippen molar-refractivity contribution >= 4 is 29.9 Å². The van der Waals surface area contributed by atoms with E-state index in [1.54, 1.807) is 0 Å². The predicted molar refractivity (Wildman–Crippen MR) is 139 cm³/mol. The standard InChI is InChI=1S/C23H40N6O.HI/c1-24-23(26-10-12-28-17-19-30-20-18-28)25-9-5-6-11-27-13-15-29(16-14-27)21-22-7-3-2-4-8-22;/h2-4,7-8H,5-6,9-21H2,1H3,(H2,24,25,26);1H. The third kappa shape index (κ3) is 10.5. The third-order valence-electron chi connectivity index (χ3n) is 5.96. The van der Waals surface area contributed by atoms with Crippen LogP contribution in [0.1, 0.15) is 18.4 Å². The lowest BCUT2D eigenvalue weighted by molar-refractivity contribution is 0.0389. The zero-order valence-corrected chi connectivity index (χ0v) is 21.4. The van der Waals surface area contributed by atoms with Gasteiger partial charge in [0.05, 0.1) is 13.2 Å². The number of morpholine rings is 1. The molecule has 3 rings (SSSR count). The highest BCUT2D eigenvalue weighted by Crippen LogP contribution is 2.09. The van der Waals surface area contributed by atoms with Gasteiger partial charge in [-0.1, -0.05) is 30.3 Å². The molecule has 2 heterocycles. The van der Waals surface area contributed by atoms with Crippen molar-refractivity contribution in [3.8, 4) is 0 Å². The van der Waals surface area contributed by atoms with Crippen LogP contribution in [0.5, 0.6) is 0 Å². The topological polar surface area (TPSA) is 55.4 Å². The molecule has 0 saturated carbocycles. The second kappa shape index (κ2) is 15.8. The molecule has 2 saturated heterocycles. The minimum atomic E-state index is 0. The fourth-order valence-electron chi connectivity index (χ4n) is 4.06. The Morgan fingerprint density at radius 3 is 2.19 bits per heavy atom. The summed E-state index contributed by atoms with van der Waals surface area (Å²) in [4.78, 5) is 11.9. The van der Waals surface area contributed by atoms with Crippen molar-refractivity contribution in [1.29, 1.82) is 0 Å². The highest BCUT2D eigenvalue weighted by Gasteiger charge is 2.16. The van der Waals surface area contributed by atoms with Crippen LogP contribution >= 0.6 is 24.0 Å². The fourth-order valence-corrected chi connectivity index (χ4v) is 4.06. The van der Waals surface area contributed by atoms with E-state index in [0.29, 0.717) is 0 Å². The van der Waals surface area contributed by atoms with Crippen LogP contribution in [0.2, 0.25) is 0 Å². The smallest absolute Gasteiger partial charge is 0.191 e. The molecule has 1 aromatic carbocycles. The maximum absolute atomic E-state index is 5.39. The number of aliphatic imine (C=N–C) groups is 1. The summed E-state index contributed by atoms with van der Waals surface area (Å²) in [7, 11) is 1.85. The minimum Gasteiger partial charge on any atom is -0.379 e. The lowest BCUT2D eigenvalue weighted by atomic mass is 10.2. The van der Waals surface area contributed by atoms with Gasteiger partial charge in [0, 0.05) is 72.5 Å². The highest BCUT2D eigenvalue weighted by molar-refractivity contribution is 14.0. The van der Waals surface area contributed by atoms with Gasteiger partial charge in [-0.05, 0) is 24.9 Å². The third-order valence-corrected chi connectivity index (χ3v) is 5.96. The Morgan fingerprint density at radius 1 is 0.839 bits per heavy atom. The number of nitrogens with one attached hydrogen (secondary N) is 2. The quantitative estimate of drug-likeness (QED) is 0.203. The van der Waals surface area contributed by atoms with E-state index >= 15 is 0 Å². The molecule has 1 aromatic rings. The maximum atomic E-state index is 5.39. The summed E-state index contributed by atoms with van der Waals surface area (Å²) >= 11 is 0. The van der Waals surface area contributed by atoms with Crippen LogP contribution in [0.4, 0.5) is 0 Å². The SMILES string of the molecule is CN=C(NCCCCN1CCN(Cc2ccccc2)CC1)NCCN1CCOCC1.I. The van der Waals surface area contributed by atoms with Crippen LogP contribution in [-0.2, 0) is 11.3 Å². The van der Waals surface area contributed by atoms with E-state index in [9.17, 15) is 0 Å². The first-order valence-corrected chi connectivity index (χ1v) is 11.6. The molecule has 31 heavy (non-hydrogen) atoms. The van der Waals surface area contributed by atoms with Crippen molar-refractivity contribution < 1.29 is 4.74 Å². The van der Waals surface area contributed by atoms with E-state index in [2.05, 4.69) is 60.7 Å². The van der Waals surface area contributed by atoms with Crippen LogP contribution in [0.25, 0.3) is 0 Å². The second-order valence-electron chi connectivity index (χ2n) is 8.19. The summed E-state index contributed by atoms with van der Waals surface area (Å²) in [5, 5.41) is 6.87. The fraction of sp³-hybridized carbons (Fsp3) is 0.696. The average Bonchev–Trinajstić information content (AvgIpc) is 2.80. The highest BCUT2D eigenvalue weighted by atomic mass is 127. The van der Waals surface area contributed by atoms with Crippen LogP contribution in [0.15, 0.2) is 35.3 Å². The number of hydrogen-bond acceptors (Lipinski definition) is 5. The summed E-state index contributed by atoms with van der Waals surface area (Å²) in [6.45, 7) is 13.7. The number of unbranched alkanes of at least 4 members (excludes halogenated alkanes) is 1. The Kier molecular flexibility index (Phi) is 13.4. The molecule has 0 aromatic heterocycles. The summed E-state index contributed by atoms with van der Waals surface area (Å²) in [5.41, 5.74) is 1.42. The number of hydrogen-bond donors (Lipinski definition) is 2.